The Balaban J connectivity index is 0.00000576. The van der Waals surface area contributed by atoms with Gasteiger partial charge in [0.05, 0.1) is 6.54 Å². The van der Waals surface area contributed by atoms with Crippen molar-refractivity contribution in [3.63, 3.8) is 0 Å². The number of rotatable bonds is 9. The van der Waals surface area contributed by atoms with Crippen LogP contribution >= 0.6 is 35.7 Å². The zero-order valence-corrected chi connectivity index (χ0v) is 19.1. The number of benzene rings is 1. The SMILES string of the molecule is CCNC(=NCc1ccc(F)cc1CSC)NCCN(C)C(C)C.I. The van der Waals surface area contributed by atoms with Crippen molar-refractivity contribution in [3.05, 3.63) is 35.1 Å². The monoisotopic (exact) mass is 482 g/mol. The fraction of sp³-hybridized carbons (Fsp3) is 0.611. The summed E-state index contributed by atoms with van der Waals surface area (Å²) in [5.74, 6) is 1.41. The van der Waals surface area contributed by atoms with Gasteiger partial charge in [0, 0.05) is 31.4 Å². The molecule has 0 fully saturated rings. The topological polar surface area (TPSA) is 39.7 Å². The van der Waals surface area contributed by atoms with Crippen molar-refractivity contribution in [2.24, 2.45) is 4.99 Å². The van der Waals surface area contributed by atoms with Crippen molar-refractivity contribution in [2.45, 2.75) is 39.1 Å². The van der Waals surface area contributed by atoms with Crippen LogP contribution in [0.3, 0.4) is 0 Å². The minimum absolute atomic E-state index is 0. The third-order valence-electron chi connectivity index (χ3n) is 3.86. The largest absolute Gasteiger partial charge is 0.357 e. The van der Waals surface area contributed by atoms with Crippen molar-refractivity contribution in [3.8, 4) is 0 Å². The van der Waals surface area contributed by atoms with Gasteiger partial charge >= 0.3 is 0 Å². The maximum atomic E-state index is 13.4. The number of hydrogen-bond donors (Lipinski definition) is 2. The first-order valence-corrected chi connectivity index (χ1v) is 9.86. The Morgan fingerprint density at radius 2 is 2.00 bits per heavy atom. The first-order valence-electron chi connectivity index (χ1n) is 8.46. The summed E-state index contributed by atoms with van der Waals surface area (Å²) in [6, 6.07) is 5.48. The van der Waals surface area contributed by atoms with E-state index >= 15 is 0 Å². The molecule has 0 aliphatic rings. The average Bonchev–Trinajstić information content (AvgIpc) is 2.54. The van der Waals surface area contributed by atoms with Crippen LogP contribution in [-0.2, 0) is 12.3 Å². The number of likely N-dealkylation sites (N-methyl/N-ethyl adjacent to an activating group) is 1. The highest BCUT2D eigenvalue weighted by Gasteiger charge is 2.06. The van der Waals surface area contributed by atoms with E-state index in [4.69, 9.17) is 0 Å². The molecule has 0 amide bonds. The molecule has 0 saturated carbocycles. The summed E-state index contributed by atoms with van der Waals surface area (Å²) in [5.41, 5.74) is 2.09. The molecule has 25 heavy (non-hydrogen) atoms. The molecule has 0 atom stereocenters. The summed E-state index contributed by atoms with van der Waals surface area (Å²) in [7, 11) is 2.11. The van der Waals surface area contributed by atoms with E-state index in [-0.39, 0.29) is 29.8 Å². The van der Waals surface area contributed by atoms with Crippen molar-refractivity contribution < 1.29 is 4.39 Å². The molecule has 0 aliphatic carbocycles. The predicted octanol–water partition coefficient (Wildman–Crippen LogP) is 3.70. The highest BCUT2D eigenvalue weighted by atomic mass is 127. The molecule has 0 unspecified atom stereocenters. The molecule has 0 heterocycles. The number of thioether (sulfide) groups is 1. The number of nitrogens with zero attached hydrogens (tertiary/aromatic N) is 2. The second-order valence-corrected chi connectivity index (χ2v) is 6.91. The second kappa shape index (κ2) is 13.6. The molecule has 0 radical (unpaired) electrons. The van der Waals surface area contributed by atoms with Gasteiger partial charge in [-0.15, -0.1) is 24.0 Å². The Kier molecular flexibility index (Phi) is 13.3. The molecular formula is C18H32FIN4S. The van der Waals surface area contributed by atoms with E-state index in [1.165, 1.54) is 6.07 Å². The summed E-state index contributed by atoms with van der Waals surface area (Å²) in [6.07, 6.45) is 2.02. The molecule has 1 rings (SSSR count). The van der Waals surface area contributed by atoms with Gasteiger partial charge in [0.15, 0.2) is 5.96 Å². The third-order valence-corrected chi connectivity index (χ3v) is 4.46. The van der Waals surface area contributed by atoms with Crippen molar-refractivity contribution in [1.29, 1.82) is 0 Å². The fourth-order valence-electron chi connectivity index (χ4n) is 2.15. The second-order valence-electron chi connectivity index (χ2n) is 6.04. The average molecular weight is 482 g/mol. The molecule has 0 spiro atoms. The molecule has 1 aromatic rings. The summed E-state index contributed by atoms with van der Waals surface area (Å²) in [4.78, 5) is 6.93. The molecule has 144 valence electrons. The van der Waals surface area contributed by atoms with Crippen LogP contribution in [0, 0.1) is 5.82 Å². The normalized spacial score (nSPS) is 11.6. The minimum Gasteiger partial charge on any atom is -0.357 e. The van der Waals surface area contributed by atoms with Gasteiger partial charge in [-0.2, -0.15) is 11.8 Å². The summed E-state index contributed by atoms with van der Waals surface area (Å²) >= 11 is 1.69. The molecule has 0 saturated heterocycles. The molecule has 0 aromatic heterocycles. The van der Waals surface area contributed by atoms with E-state index in [9.17, 15) is 4.39 Å². The van der Waals surface area contributed by atoms with E-state index < -0.39 is 0 Å². The van der Waals surface area contributed by atoms with E-state index in [2.05, 4.69) is 48.3 Å². The minimum atomic E-state index is -0.187. The Hall–Kier alpha value is -0.540. The summed E-state index contributed by atoms with van der Waals surface area (Å²) in [6.45, 7) is 9.56. The highest BCUT2D eigenvalue weighted by molar-refractivity contribution is 14.0. The van der Waals surface area contributed by atoms with E-state index in [1.54, 1.807) is 17.8 Å². The van der Waals surface area contributed by atoms with Crippen LogP contribution < -0.4 is 10.6 Å². The van der Waals surface area contributed by atoms with Crippen LogP contribution in [0.5, 0.6) is 0 Å². The maximum Gasteiger partial charge on any atom is 0.191 e. The van der Waals surface area contributed by atoms with Crippen LogP contribution in [0.15, 0.2) is 23.2 Å². The van der Waals surface area contributed by atoms with Gasteiger partial charge in [-0.3, -0.25) is 0 Å². The molecule has 2 N–H and O–H groups in total. The number of aliphatic imine (C=N–C) groups is 1. The Labute approximate surface area is 173 Å². The molecule has 0 aliphatic heterocycles. The smallest absolute Gasteiger partial charge is 0.191 e. The van der Waals surface area contributed by atoms with Crippen LogP contribution in [0.1, 0.15) is 31.9 Å². The summed E-state index contributed by atoms with van der Waals surface area (Å²) in [5, 5.41) is 6.62. The number of guanidine groups is 1. The van der Waals surface area contributed by atoms with Gasteiger partial charge in [-0.05, 0) is 57.3 Å². The lowest BCUT2D eigenvalue weighted by Crippen LogP contribution is -2.42. The quantitative estimate of drug-likeness (QED) is 0.320. The number of hydrogen-bond acceptors (Lipinski definition) is 3. The third kappa shape index (κ3) is 9.65. The van der Waals surface area contributed by atoms with E-state index in [1.807, 2.05) is 12.3 Å². The molecule has 7 heteroatoms. The standard InChI is InChI=1S/C18H31FN4S.HI/c1-6-20-18(21-9-10-23(4)14(2)3)22-12-15-7-8-17(19)11-16(15)13-24-5;/h7-8,11,14H,6,9-10,12-13H2,1-5H3,(H2,20,21,22);1H. The lowest BCUT2D eigenvalue weighted by atomic mass is 10.1. The predicted molar refractivity (Wildman–Crippen MR) is 120 cm³/mol. The van der Waals surface area contributed by atoms with Crippen molar-refractivity contribution in [2.75, 3.05) is 32.9 Å². The zero-order chi connectivity index (χ0) is 17.9. The van der Waals surface area contributed by atoms with Gasteiger partial charge in [0.1, 0.15) is 5.82 Å². The van der Waals surface area contributed by atoms with E-state index in [0.717, 1.165) is 42.5 Å². The highest BCUT2D eigenvalue weighted by Crippen LogP contribution is 2.17. The first kappa shape index (κ1) is 24.5. The van der Waals surface area contributed by atoms with Gasteiger partial charge in [-0.1, -0.05) is 6.07 Å². The fourth-order valence-corrected chi connectivity index (χ4v) is 2.73. The number of nitrogens with one attached hydrogen (secondary N) is 2. The van der Waals surface area contributed by atoms with Crippen LogP contribution in [0.25, 0.3) is 0 Å². The molecule has 4 nitrogen and oxygen atoms in total. The Morgan fingerprint density at radius 3 is 2.60 bits per heavy atom. The maximum absolute atomic E-state index is 13.4. The van der Waals surface area contributed by atoms with Gasteiger partial charge in [0.2, 0.25) is 0 Å². The Bertz CT molecular complexity index is 526. The molecular weight excluding hydrogens is 450 g/mol. The first-order chi connectivity index (χ1) is 11.5. The lowest BCUT2D eigenvalue weighted by Gasteiger charge is -2.21. The summed E-state index contributed by atoms with van der Waals surface area (Å²) < 4.78 is 13.4. The van der Waals surface area contributed by atoms with Crippen LogP contribution in [-0.4, -0.2) is 49.8 Å². The molecule has 0 bridgehead atoms. The zero-order valence-electron chi connectivity index (χ0n) is 15.9. The van der Waals surface area contributed by atoms with Gasteiger partial charge < -0.3 is 15.5 Å². The Morgan fingerprint density at radius 1 is 1.28 bits per heavy atom. The van der Waals surface area contributed by atoms with Gasteiger partial charge in [-0.25, -0.2) is 9.38 Å². The van der Waals surface area contributed by atoms with Crippen LogP contribution in [0.4, 0.5) is 4.39 Å². The number of halogens is 2. The molecule has 1 aromatic carbocycles. The van der Waals surface area contributed by atoms with Crippen molar-refractivity contribution >= 4 is 41.7 Å². The van der Waals surface area contributed by atoms with E-state index in [0.29, 0.717) is 12.6 Å². The van der Waals surface area contributed by atoms with Crippen molar-refractivity contribution in [1.82, 2.24) is 15.5 Å². The lowest BCUT2D eigenvalue weighted by molar-refractivity contribution is 0.278. The van der Waals surface area contributed by atoms with Gasteiger partial charge in [0.25, 0.3) is 0 Å². The van der Waals surface area contributed by atoms with Crippen LogP contribution in [0.2, 0.25) is 0 Å².